The second-order valence-corrected chi connectivity index (χ2v) is 6.87. The van der Waals surface area contributed by atoms with Crippen LogP contribution in [0.4, 0.5) is 5.82 Å². The maximum Gasteiger partial charge on any atom is 0.263 e. The first kappa shape index (κ1) is 15.4. The van der Waals surface area contributed by atoms with Gasteiger partial charge in [0, 0.05) is 5.56 Å². The summed E-state index contributed by atoms with van der Waals surface area (Å²) in [6.07, 6.45) is 1.36. The Labute approximate surface area is 138 Å². The van der Waals surface area contributed by atoms with Crippen molar-refractivity contribution in [3.05, 3.63) is 54.7 Å². The molecule has 0 aliphatic carbocycles. The Kier molecular flexibility index (Phi) is 4.26. The number of sulfonamides is 1. The second-order valence-electron chi connectivity index (χ2n) is 4.63. The van der Waals surface area contributed by atoms with Crippen LogP contribution in [0.3, 0.4) is 0 Å². The zero-order valence-electron chi connectivity index (χ0n) is 12.1. The highest BCUT2D eigenvalue weighted by atomic mass is 32.2. The molecule has 23 heavy (non-hydrogen) atoms. The summed E-state index contributed by atoms with van der Waals surface area (Å²) in [6, 6.07) is 14.2. The van der Waals surface area contributed by atoms with E-state index >= 15 is 0 Å². The summed E-state index contributed by atoms with van der Waals surface area (Å²) in [6.45, 7) is 0. The second kappa shape index (κ2) is 6.35. The average molecular weight is 347 g/mol. The molecule has 1 heterocycles. The molecule has 0 amide bonds. The van der Waals surface area contributed by atoms with Gasteiger partial charge in [0.1, 0.15) is 5.75 Å². The standard InChI is InChI=1S/C15H13N3O3S2/c1-21-14-8-7-12(9-13(14)11-5-3-2-4-6-11)23(19,20)18-15-10-16-22-17-15/h2-10H,1H3,(H,17,18). The van der Waals surface area contributed by atoms with E-state index in [2.05, 4.69) is 13.5 Å². The van der Waals surface area contributed by atoms with Crippen LogP contribution >= 0.6 is 11.7 Å². The summed E-state index contributed by atoms with van der Waals surface area (Å²) in [5, 5.41) is 0. The van der Waals surface area contributed by atoms with E-state index in [4.69, 9.17) is 4.74 Å². The summed E-state index contributed by atoms with van der Waals surface area (Å²) in [7, 11) is -2.19. The number of aromatic nitrogens is 2. The Balaban J connectivity index is 2.04. The Hall–Kier alpha value is -2.45. The van der Waals surface area contributed by atoms with Crippen molar-refractivity contribution in [3.63, 3.8) is 0 Å². The van der Waals surface area contributed by atoms with Gasteiger partial charge in [-0.3, -0.25) is 4.72 Å². The van der Waals surface area contributed by atoms with Crippen LogP contribution in [-0.2, 0) is 10.0 Å². The predicted octanol–water partition coefficient (Wildman–Crippen LogP) is 3.01. The van der Waals surface area contributed by atoms with E-state index < -0.39 is 10.0 Å². The van der Waals surface area contributed by atoms with Crippen molar-refractivity contribution in [2.45, 2.75) is 4.90 Å². The number of anilines is 1. The van der Waals surface area contributed by atoms with Crippen LogP contribution in [0.1, 0.15) is 0 Å². The van der Waals surface area contributed by atoms with E-state index in [9.17, 15) is 8.42 Å². The molecule has 0 saturated carbocycles. The molecular weight excluding hydrogens is 334 g/mol. The van der Waals surface area contributed by atoms with Crippen molar-refractivity contribution in [1.29, 1.82) is 0 Å². The minimum absolute atomic E-state index is 0.130. The normalized spacial score (nSPS) is 11.2. The smallest absolute Gasteiger partial charge is 0.263 e. The molecule has 0 unspecified atom stereocenters. The molecule has 0 saturated heterocycles. The first-order valence-electron chi connectivity index (χ1n) is 6.64. The van der Waals surface area contributed by atoms with Gasteiger partial charge in [-0.15, -0.1) is 0 Å². The van der Waals surface area contributed by atoms with Crippen LogP contribution in [0.5, 0.6) is 5.75 Å². The molecule has 118 valence electrons. The topological polar surface area (TPSA) is 81.2 Å². The van der Waals surface area contributed by atoms with Crippen LogP contribution in [0.15, 0.2) is 59.6 Å². The summed E-state index contributed by atoms with van der Waals surface area (Å²) < 4.78 is 40.3. The highest BCUT2D eigenvalue weighted by Gasteiger charge is 2.18. The number of nitrogens with one attached hydrogen (secondary N) is 1. The molecule has 0 bridgehead atoms. The van der Waals surface area contributed by atoms with Crippen LogP contribution < -0.4 is 9.46 Å². The van der Waals surface area contributed by atoms with Crippen molar-refractivity contribution in [3.8, 4) is 16.9 Å². The molecule has 8 heteroatoms. The van der Waals surface area contributed by atoms with Gasteiger partial charge in [0.25, 0.3) is 10.0 Å². The number of ether oxygens (including phenoxy) is 1. The third-order valence-electron chi connectivity index (χ3n) is 3.17. The number of benzene rings is 2. The molecular formula is C15H13N3O3S2. The minimum atomic E-state index is -3.74. The van der Waals surface area contributed by atoms with E-state index in [1.165, 1.54) is 12.3 Å². The zero-order chi connectivity index (χ0) is 16.3. The fraction of sp³-hybridized carbons (Fsp3) is 0.0667. The van der Waals surface area contributed by atoms with Crippen LogP contribution in [0, 0.1) is 0 Å². The lowest BCUT2D eigenvalue weighted by molar-refractivity contribution is 0.416. The average Bonchev–Trinajstić information content (AvgIpc) is 3.07. The molecule has 0 atom stereocenters. The van der Waals surface area contributed by atoms with Gasteiger partial charge >= 0.3 is 0 Å². The molecule has 6 nitrogen and oxygen atoms in total. The molecule has 0 fully saturated rings. The molecule has 2 aromatic carbocycles. The Morgan fingerprint density at radius 2 is 1.91 bits per heavy atom. The number of rotatable bonds is 5. The van der Waals surface area contributed by atoms with Crippen molar-refractivity contribution in [1.82, 2.24) is 8.75 Å². The first-order valence-corrected chi connectivity index (χ1v) is 8.85. The van der Waals surface area contributed by atoms with E-state index in [-0.39, 0.29) is 10.7 Å². The maximum atomic E-state index is 12.5. The van der Waals surface area contributed by atoms with Crippen molar-refractivity contribution in [2.24, 2.45) is 0 Å². The fourth-order valence-corrected chi connectivity index (χ4v) is 3.55. The van der Waals surface area contributed by atoms with Crippen molar-refractivity contribution < 1.29 is 13.2 Å². The summed E-state index contributed by atoms with van der Waals surface area (Å²) >= 11 is 0.935. The largest absolute Gasteiger partial charge is 0.496 e. The number of hydrogen-bond donors (Lipinski definition) is 1. The molecule has 0 aliphatic heterocycles. The number of methoxy groups -OCH3 is 1. The Bertz CT molecular complexity index is 895. The van der Waals surface area contributed by atoms with Gasteiger partial charge in [-0.25, -0.2) is 8.42 Å². The van der Waals surface area contributed by atoms with Gasteiger partial charge in [-0.05, 0) is 23.8 Å². The van der Waals surface area contributed by atoms with E-state index in [1.54, 1.807) is 19.2 Å². The quantitative estimate of drug-likeness (QED) is 0.767. The fourth-order valence-electron chi connectivity index (χ4n) is 2.10. The molecule has 0 radical (unpaired) electrons. The number of nitrogens with zero attached hydrogens (tertiary/aromatic N) is 2. The van der Waals surface area contributed by atoms with Crippen LogP contribution in [0.2, 0.25) is 0 Å². The van der Waals surface area contributed by atoms with Crippen molar-refractivity contribution in [2.75, 3.05) is 11.8 Å². The van der Waals surface area contributed by atoms with Gasteiger partial charge in [-0.2, -0.15) is 8.75 Å². The van der Waals surface area contributed by atoms with Gasteiger partial charge in [0.2, 0.25) is 0 Å². The third kappa shape index (κ3) is 3.33. The monoisotopic (exact) mass is 347 g/mol. The molecule has 1 N–H and O–H groups in total. The molecule has 3 aromatic rings. The predicted molar refractivity (Wildman–Crippen MR) is 89.1 cm³/mol. The Morgan fingerprint density at radius 1 is 1.13 bits per heavy atom. The highest BCUT2D eigenvalue weighted by Crippen LogP contribution is 2.32. The summed E-state index contributed by atoms with van der Waals surface area (Å²) in [5.74, 6) is 0.803. The SMILES string of the molecule is COc1ccc(S(=O)(=O)Nc2cnsn2)cc1-c1ccccc1. The lowest BCUT2D eigenvalue weighted by Gasteiger charge is -2.12. The molecule has 0 aliphatic rings. The third-order valence-corrected chi connectivity index (χ3v) is 5.00. The molecule has 3 rings (SSSR count). The lowest BCUT2D eigenvalue weighted by Crippen LogP contribution is -2.13. The van der Waals surface area contributed by atoms with Gasteiger partial charge in [0.15, 0.2) is 5.82 Å². The van der Waals surface area contributed by atoms with Crippen LogP contribution in [0.25, 0.3) is 11.1 Å². The summed E-state index contributed by atoms with van der Waals surface area (Å²) in [4.78, 5) is 0.130. The van der Waals surface area contributed by atoms with Crippen molar-refractivity contribution >= 4 is 27.6 Å². The zero-order valence-corrected chi connectivity index (χ0v) is 13.8. The van der Waals surface area contributed by atoms with Crippen LogP contribution in [-0.4, -0.2) is 24.3 Å². The Morgan fingerprint density at radius 3 is 2.57 bits per heavy atom. The highest BCUT2D eigenvalue weighted by molar-refractivity contribution is 7.92. The van der Waals surface area contributed by atoms with E-state index in [1.807, 2.05) is 30.3 Å². The minimum Gasteiger partial charge on any atom is -0.496 e. The van der Waals surface area contributed by atoms with Gasteiger partial charge in [0.05, 0.1) is 29.9 Å². The van der Waals surface area contributed by atoms with Gasteiger partial charge < -0.3 is 4.74 Å². The van der Waals surface area contributed by atoms with E-state index in [0.717, 1.165) is 17.3 Å². The van der Waals surface area contributed by atoms with E-state index in [0.29, 0.717) is 11.3 Å². The lowest BCUT2D eigenvalue weighted by atomic mass is 10.1. The molecule has 0 spiro atoms. The first-order chi connectivity index (χ1) is 11.1. The van der Waals surface area contributed by atoms with Gasteiger partial charge in [-0.1, -0.05) is 30.3 Å². The molecule has 1 aromatic heterocycles. The maximum absolute atomic E-state index is 12.5. The summed E-state index contributed by atoms with van der Waals surface area (Å²) in [5.41, 5.74) is 1.57. The number of hydrogen-bond acceptors (Lipinski definition) is 6.